The van der Waals surface area contributed by atoms with E-state index < -0.39 is 26.5 Å². The van der Waals surface area contributed by atoms with E-state index in [1.54, 1.807) is 10.4 Å². The number of nitrogens with zero attached hydrogens (tertiary/aromatic N) is 1. The molecule has 2 N–H and O–H groups in total. The lowest BCUT2D eigenvalue weighted by atomic mass is 9.32. The summed E-state index contributed by atoms with van der Waals surface area (Å²) in [6, 6.07) is 3.54. The van der Waals surface area contributed by atoms with Crippen LogP contribution >= 0.6 is 11.3 Å². The monoisotopic (exact) mass is 735 g/mol. The molecule has 11 atom stereocenters. The highest BCUT2D eigenvalue weighted by atomic mass is 32.2. The first-order valence-corrected chi connectivity index (χ1v) is 22.9. The molecule has 10 aliphatic carbocycles. The number of carbonyl (C=O) groups excluding carboxylic acids is 1. The molecule has 0 amide bonds. The summed E-state index contributed by atoms with van der Waals surface area (Å²) in [5, 5.41) is 26.1. The highest BCUT2D eigenvalue weighted by Gasteiger charge is 2.75. The number of ketones is 1. The lowest BCUT2D eigenvalue weighted by Crippen LogP contribution is -2.67. The Bertz CT molecular complexity index is 1740. The first-order chi connectivity index (χ1) is 24.1. The molecule has 7 fully saturated rings. The minimum absolute atomic E-state index is 0.0399. The van der Waals surface area contributed by atoms with Crippen molar-refractivity contribution in [3.05, 3.63) is 41.3 Å². The fourth-order valence-corrected chi connectivity index (χ4v) is 17.4. The van der Waals surface area contributed by atoms with Gasteiger partial charge in [-0.15, -0.1) is 11.3 Å². The predicted molar refractivity (Wildman–Crippen MR) is 201 cm³/mol. The van der Waals surface area contributed by atoms with Crippen molar-refractivity contribution in [1.29, 1.82) is 0 Å². The molecule has 0 radical (unpaired) electrons. The molecule has 0 saturated heterocycles. The summed E-state index contributed by atoms with van der Waals surface area (Å²) in [4.78, 5) is 14.9. The SMILES string of the molecule is CC1(C)[C@H]2CC[C@@H](CN(C[C@]3(O)CC[C@H]4[C@]56C=C[C@@]7(C=C5C(=O)C5CCCCC5)CC(O)CC[C@]7(C)[C@H]6CC[C@@]43C)S(=O)(=O)c3cccs3)[C@@H]1C2. The summed E-state index contributed by atoms with van der Waals surface area (Å²) in [6.07, 6.45) is 21.0. The van der Waals surface area contributed by atoms with Crippen molar-refractivity contribution < 1.29 is 23.4 Å². The highest BCUT2D eigenvalue weighted by Crippen LogP contribution is 2.78. The van der Waals surface area contributed by atoms with Crippen molar-refractivity contribution in [2.24, 2.45) is 62.6 Å². The molecule has 0 aliphatic heterocycles. The van der Waals surface area contributed by atoms with Crippen molar-refractivity contribution >= 4 is 27.1 Å². The van der Waals surface area contributed by atoms with Crippen molar-refractivity contribution in [3.8, 4) is 0 Å². The summed E-state index contributed by atoms with van der Waals surface area (Å²) >= 11 is 1.28. The molecule has 6 nitrogen and oxygen atoms in total. The summed E-state index contributed by atoms with van der Waals surface area (Å²) in [7, 11) is -3.81. The van der Waals surface area contributed by atoms with Crippen LogP contribution in [0.25, 0.3) is 0 Å². The van der Waals surface area contributed by atoms with Crippen LogP contribution in [-0.4, -0.2) is 53.5 Å². The number of aliphatic hydroxyl groups is 2. The lowest BCUT2D eigenvalue weighted by molar-refractivity contribution is -0.178. The minimum Gasteiger partial charge on any atom is -0.393 e. The minimum atomic E-state index is -3.81. The van der Waals surface area contributed by atoms with Crippen molar-refractivity contribution in [1.82, 2.24) is 4.31 Å². The average Bonchev–Trinajstić information content (AvgIpc) is 3.75. The summed E-state index contributed by atoms with van der Waals surface area (Å²) in [5.41, 5.74) is -1.41. The molecule has 4 bridgehead atoms. The number of hydrogen-bond acceptors (Lipinski definition) is 6. The van der Waals surface area contributed by atoms with Crippen LogP contribution in [0.4, 0.5) is 0 Å². The first-order valence-electron chi connectivity index (χ1n) is 20.5. The molecule has 0 aromatic carbocycles. The largest absolute Gasteiger partial charge is 0.393 e. The van der Waals surface area contributed by atoms with Crippen LogP contribution < -0.4 is 0 Å². The van der Waals surface area contributed by atoms with E-state index in [1.807, 2.05) is 11.4 Å². The Hall–Kier alpha value is -1.32. The molecule has 10 aliphatic rings. The maximum absolute atomic E-state index is 14.9. The Labute approximate surface area is 310 Å². The number of Topliss-reactive ketones (excluding diaryl/α,β-unsaturated/α-hetero) is 1. The Morgan fingerprint density at radius 3 is 2.35 bits per heavy atom. The second-order valence-corrected chi connectivity index (χ2v) is 23.0. The fraction of sp³-hybridized carbons (Fsp3) is 0.791. The third kappa shape index (κ3) is 4.67. The highest BCUT2D eigenvalue weighted by molar-refractivity contribution is 7.91. The zero-order valence-electron chi connectivity index (χ0n) is 31.4. The fourth-order valence-electron chi connectivity index (χ4n) is 14.7. The molecule has 1 unspecified atom stereocenters. The van der Waals surface area contributed by atoms with Gasteiger partial charge in [0.1, 0.15) is 4.21 Å². The smallest absolute Gasteiger partial charge is 0.252 e. The maximum Gasteiger partial charge on any atom is 0.252 e. The zero-order valence-corrected chi connectivity index (χ0v) is 33.0. The molecule has 2 spiro atoms. The number of carbonyl (C=O) groups is 1. The Morgan fingerprint density at radius 1 is 0.922 bits per heavy atom. The van der Waals surface area contributed by atoms with Gasteiger partial charge >= 0.3 is 0 Å². The van der Waals surface area contributed by atoms with Gasteiger partial charge in [0.15, 0.2) is 5.78 Å². The van der Waals surface area contributed by atoms with Gasteiger partial charge in [-0.1, -0.05) is 71.3 Å². The molecule has 8 heteroatoms. The first kappa shape index (κ1) is 35.4. The molecule has 280 valence electrons. The number of fused-ring (bicyclic) bond motifs is 3. The predicted octanol–water partition coefficient (Wildman–Crippen LogP) is 8.55. The molecule has 7 saturated carbocycles. The standard InChI is InChI=1S/C43H61NO5S2/c1-38(2)30-13-12-29(32(38)23-30)26-44(51(48,49)36-11-8-22-50-36)27-42(47)19-16-35-40(42,4)18-15-34-39(3)17-14-31(45)24-41(39)20-21-43(34,35)33(25-41)37(46)28-9-6-5-7-10-28/h8,11,20-22,25,28-32,34-35,45,47H,5-7,9-10,12-19,23-24,26-27H2,1-4H3/t29-,30-,31?,32-,34+,35+,39+,40-,41-,42+,43+/m0/s1. The zero-order chi connectivity index (χ0) is 35.8. The van der Waals surface area contributed by atoms with Gasteiger partial charge in [0, 0.05) is 40.8 Å². The Kier molecular flexibility index (Phi) is 8.05. The van der Waals surface area contributed by atoms with Crippen LogP contribution in [0.2, 0.25) is 0 Å². The summed E-state index contributed by atoms with van der Waals surface area (Å²) in [5.74, 6) is 2.21. The lowest BCUT2D eigenvalue weighted by Gasteiger charge is -2.71. The second kappa shape index (κ2) is 11.6. The van der Waals surface area contributed by atoms with Crippen molar-refractivity contribution in [2.75, 3.05) is 13.1 Å². The topological polar surface area (TPSA) is 94.9 Å². The Morgan fingerprint density at radius 2 is 1.65 bits per heavy atom. The van der Waals surface area contributed by atoms with E-state index in [4.69, 9.17) is 0 Å². The van der Waals surface area contributed by atoms with E-state index in [0.717, 1.165) is 82.1 Å². The van der Waals surface area contributed by atoms with Crippen molar-refractivity contribution in [3.63, 3.8) is 0 Å². The number of thiophene rings is 1. The van der Waals surface area contributed by atoms with E-state index in [0.29, 0.717) is 41.2 Å². The summed E-state index contributed by atoms with van der Waals surface area (Å²) < 4.78 is 31.2. The van der Waals surface area contributed by atoms with Gasteiger partial charge in [-0.2, -0.15) is 4.31 Å². The molecule has 51 heavy (non-hydrogen) atoms. The van der Waals surface area contributed by atoms with Crippen LogP contribution in [-0.2, 0) is 14.8 Å². The quantitative estimate of drug-likeness (QED) is 0.261. The number of sulfonamides is 1. The summed E-state index contributed by atoms with van der Waals surface area (Å²) in [6.45, 7) is 10.0. The van der Waals surface area contributed by atoms with E-state index in [2.05, 4.69) is 45.9 Å². The third-order valence-electron chi connectivity index (χ3n) is 17.9. The second-order valence-electron chi connectivity index (χ2n) is 19.9. The van der Waals surface area contributed by atoms with E-state index >= 15 is 0 Å². The number of aliphatic hydroxyl groups excluding tert-OH is 1. The van der Waals surface area contributed by atoms with Gasteiger partial charge < -0.3 is 10.2 Å². The van der Waals surface area contributed by atoms with Crippen LogP contribution in [0.1, 0.15) is 124 Å². The number of rotatable bonds is 8. The van der Waals surface area contributed by atoms with Gasteiger partial charge in [0.25, 0.3) is 10.0 Å². The number of allylic oxidation sites excluding steroid dienone is 4. The van der Waals surface area contributed by atoms with Crippen LogP contribution in [0.3, 0.4) is 0 Å². The van der Waals surface area contributed by atoms with Gasteiger partial charge in [0.2, 0.25) is 0 Å². The van der Waals surface area contributed by atoms with Gasteiger partial charge in [0.05, 0.1) is 11.7 Å². The molecule has 1 aromatic heterocycles. The van der Waals surface area contributed by atoms with Crippen LogP contribution in [0.15, 0.2) is 45.5 Å². The van der Waals surface area contributed by atoms with Gasteiger partial charge in [-0.3, -0.25) is 4.79 Å². The third-order valence-corrected chi connectivity index (χ3v) is 21.1. The Balaban J connectivity index is 1.11. The molecule has 1 aromatic rings. The molecular weight excluding hydrogens is 675 g/mol. The number of hydrogen-bond donors (Lipinski definition) is 2. The van der Waals surface area contributed by atoms with Crippen molar-refractivity contribution in [2.45, 2.75) is 140 Å². The van der Waals surface area contributed by atoms with Crippen LogP contribution in [0, 0.1) is 62.6 Å². The molecule has 1 heterocycles. The molecule has 11 rings (SSSR count). The van der Waals surface area contributed by atoms with Crippen LogP contribution in [0.5, 0.6) is 0 Å². The van der Waals surface area contributed by atoms with E-state index in [1.165, 1.54) is 24.2 Å². The maximum atomic E-state index is 14.9. The molecular formula is C43H61NO5S2. The average molecular weight is 736 g/mol. The van der Waals surface area contributed by atoms with Gasteiger partial charge in [-0.25, -0.2) is 8.42 Å². The van der Waals surface area contributed by atoms with E-state index in [-0.39, 0.29) is 46.6 Å². The van der Waals surface area contributed by atoms with E-state index in [9.17, 15) is 23.4 Å². The van der Waals surface area contributed by atoms with Gasteiger partial charge in [-0.05, 0) is 129 Å². The normalized spacial score (nSPS) is 46.9.